The van der Waals surface area contributed by atoms with Crippen molar-refractivity contribution >= 4 is 29.0 Å². The van der Waals surface area contributed by atoms with E-state index in [9.17, 15) is 4.79 Å². The van der Waals surface area contributed by atoms with Gasteiger partial charge in [-0.05, 0) is 36.4 Å². The molecular weight excluding hydrogens is 298 g/mol. The van der Waals surface area contributed by atoms with E-state index in [1.165, 1.54) is 17.7 Å². The highest BCUT2D eigenvalue weighted by Crippen LogP contribution is 2.28. The zero-order chi connectivity index (χ0) is 14.5. The highest BCUT2D eigenvalue weighted by atomic mass is 32.2. The first kappa shape index (κ1) is 14.7. The van der Waals surface area contributed by atoms with Crippen molar-refractivity contribution in [3.8, 4) is 0 Å². The Labute approximate surface area is 134 Å². The molecule has 0 bridgehead atoms. The van der Waals surface area contributed by atoms with E-state index in [0.29, 0.717) is 6.04 Å². The number of carbonyl (C=O) groups is 1. The molecule has 1 amide bonds. The number of nitrogens with one attached hydrogen (secondary N) is 1. The zero-order valence-electron chi connectivity index (χ0n) is 11.9. The Morgan fingerprint density at radius 1 is 1.19 bits per heavy atom. The molecule has 3 rings (SSSR count). The average Bonchev–Trinajstić information content (AvgIpc) is 3.18. The molecule has 1 heterocycles. The van der Waals surface area contributed by atoms with Gasteiger partial charge in [-0.25, -0.2) is 0 Å². The van der Waals surface area contributed by atoms with Crippen LogP contribution >= 0.6 is 23.1 Å². The quantitative estimate of drug-likeness (QED) is 0.809. The van der Waals surface area contributed by atoms with Gasteiger partial charge in [-0.2, -0.15) is 0 Å². The van der Waals surface area contributed by atoms with Crippen molar-refractivity contribution < 1.29 is 4.79 Å². The lowest BCUT2D eigenvalue weighted by atomic mass is 10.2. The van der Waals surface area contributed by atoms with E-state index in [4.69, 9.17) is 0 Å². The molecule has 0 atom stereocenters. The fourth-order valence-corrected chi connectivity index (χ4v) is 4.48. The van der Waals surface area contributed by atoms with Gasteiger partial charge in [-0.15, -0.1) is 23.1 Å². The molecule has 0 radical (unpaired) electrons. The first-order valence-corrected chi connectivity index (χ1v) is 9.24. The summed E-state index contributed by atoms with van der Waals surface area (Å²) in [7, 11) is 0. The van der Waals surface area contributed by atoms with Crippen LogP contribution < -0.4 is 5.32 Å². The smallest absolute Gasteiger partial charge is 0.252 e. The van der Waals surface area contributed by atoms with E-state index < -0.39 is 0 Å². The maximum Gasteiger partial charge on any atom is 0.252 e. The number of hydrogen-bond donors (Lipinski definition) is 1. The van der Waals surface area contributed by atoms with Gasteiger partial charge < -0.3 is 5.32 Å². The molecule has 1 saturated carbocycles. The molecule has 2 nitrogen and oxygen atoms in total. The van der Waals surface area contributed by atoms with Gasteiger partial charge in [0.1, 0.15) is 0 Å². The second-order valence-corrected chi connectivity index (χ2v) is 7.37. The van der Waals surface area contributed by atoms with Crippen LogP contribution in [-0.2, 0) is 5.75 Å². The van der Waals surface area contributed by atoms with Crippen molar-refractivity contribution in [2.45, 2.75) is 42.4 Å². The third-order valence-corrected chi connectivity index (χ3v) is 5.95. The van der Waals surface area contributed by atoms with Crippen molar-refractivity contribution in [3.63, 3.8) is 0 Å². The molecule has 4 heteroatoms. The summed E-state index contributed by atoms with van der Waals surface area (Å²) < 4.78 is 0. The SMILES string of the molecule is O=C(NC1CCCC1)c1ccccc1SCc1cccs1. The van der Waals surface area contributed by atoms with Gasteiger partial charge >= 0.3 is 0 Å². The van der Waals surface area contributed by atoms with Gasteiger partial charge in [-0.3, -0.25) is 4.79 Å². The second-order valence-electron chi connectivity index (χ2n) is 5.32. The molecular formula is C17H19NOS2. The first-order chi connectivity index (χ1) is 10.3. The number of carbonyl (C=O) groups excluding carboxylic acids is 1. The van der Waals surface area contributed by atoms with E-state index in [1.807, 2.05) is 24.3 Å². The Balaban J connectivity index is 1.67. The standard InChI is InChI=1S/C17H19NOS2/c19-17(18-13-6-1-2-7-13)15-9-3-4-10-16(15)21-12-14-8-5-11-20-14/h3-5,8-11,13H,1-2,6-7,12H2,(H,18,19). The average molecular weight is 317 g/mol. The molecule has 1 aliphatic carbocycles. The van der Waals surface area contributed by atoms with Crippen molar-refractivity contribution in [1.82, 2.24) is 5.32 Å². The minimum Gasteiger partial charge on any atom is -0.349 e. The summed E-state index contributed by atoms with van der Waals surface area (Å²) in [5.74, 6) is 1.00. The van der Waals surface area contributed by atoms with Crippen molar-refractivity contribution in [2.24, 2.45) is 0 Å². The van der Waals surface area contributed by atoms with Gasteiger partial charge in [0.2, 0.25) is 0 Å². The summed E-state index contributed by atoms with van der Waals surface area (Å²) in [5, 5.41) is 5.27. The van der Waals surface area contributed by atoms with Crippen LogP contribution in [0.3, 0.4) is 0 Å². The van der Waals surface area contributed by atoms with Crippen molar-refractivity contribution in [3.05, 3.63) is 52.2 Å². The van der Waals surface area contributed by atoms with E-state index >= 15 is 0 Å². The zero-order valence-corrected chi connectivity index (χ0v) is 13.5. The molecule has 1 aliphatic rings. The molecule has 0 unspecified atom stereocenters. The number of amides is 1. The lowest BCUT2D eigenvalue weighted by molar-refractivity contribution is 0.0935. The van der Waals surface area contributed by atoms with Gasteiger partial charge in [-0.1, -0.05) is 31.0 Å². The lowest BCUT2D eigenvalue weighted by Crippen LogP contribution is -2.32. The minimum absolute atomic E-state index is 0.0798. The van der Waals surface area contributed by atoms with Crippen LogP contribution in [-0.4, -0.2) is 11.9 Å². The number of thioether (sulfide) groups is 1. The topological polar surface area (TPSA) is 29.1 Å². The fraction of sp³-hybridized carbons (Fsp3) is 0.353. The van der Waals surface area contributed by atoms with Crippen LogP contribution in [0.2, 0.25) is 0 Å². The molecule has 0 saturated heterocycles. The number of benzene rings is 1. The normalized spacial score (nSPS) is 15.2. The first-order valence-electron chi connectivity index (χ1n) is 7.38. The highest BCUT2D eigenvalue weighted by Gasteiger charge is 2.19. The summed E-state index contributed by atoms with van der Waals surface area (Å²) in [6, 6.07) is 12.5. The van der Waals surface area contributed by atoms with Crippen LogP contribution in [0.4, 0.5) is 0 Å². The Bertz CT molecular complexity index is 589. The third kappa shape index (κ3) is 3.89. The Morgan fingerprint density at radius 3 is 2.76 bits per heavy atom. The van der Waals surface area contributed by atoms with Crippen LogP contribution in [0.25, 0.3) is 0 Å². The molecule has 1 aromatic heterocycles. The predicted molar refractivity (Wildman–Crippen MR) is 90.0 cm³/mol. The van der Waals surface area contributed by atoms with Crippen molar-refractivity contribution in [2.75, 3.05) is 0 Å². The Hall–Kier alpha value is -1.26. The van der Waals surface area contributed by atoms with Crippen LogP contribution in [0.15, 0.2) is 46.7 Å². The summed E-state index contributed by atoms with van der Waals surface area (Å²) in [6.07, 6.45) is 4.71. The summed E-state index contributed by atoms with van der Waals surface area (Å²) >= 11 is 3.50. The number of thiophene rings is 1. The van der Waals surface area contributed by atoms with Crippen molar-refractivity contribution in [1.29, 1.82) is 0 Å². The van der Waals surface area contributed by atoms with Crippen LogP contribution in [0, 0.1) is 0 Å². The van der Waals surface area contributed by atoms with E-state index in [1.54, 1.807) is 23.1 Å². The third-order valence-electron chi connectivity index (χ3n) is 3.77. The summed E-state index contributed by atoms with van der Waals surface area (Å²) in [5.41, 5.74) is 0.811. The molecule has 1 N–H and O–H groups in total. The fourth-order valence-electron chi connectivity index (χ4n) is 2.66. The van der Waals surface area contributed by atoms with Gasteiger partial charge in [0.15, 0.2) is 0 Å². The molecule has 2 aromatic rings. The molecule has 0 aliphatic heterocycles. The minimum atomic E-state index is 0.0798. The van der Waals surface area contributed by atoms with Gasteiger partial charge in [0.25, 0.3) is 5.91 Å². The Kier molecular flexibility index (Phi) is 4.99. The molecule has 0 spiro atoms. The van der Waals surface area contributed by atoms with Gasteiger partial charge in [0.05, 0.1) is 5.56 Å². The van der Waals surface area contributed by atoms with E-state index in [0.717, 1.165) is 29.1 Å². The maximum atomic E-state index is 12.5. The largest absolute Gasteiger partial charge is 0.349 e. The molecule has 1 aromatic carbocycles. The Morgan fingerprint density at radius 2 is 2.00 bits per heavy atom. The number of rotatable bonds is 5. The summed E-state index contributed by atoms with van der Waals surface area (Å²) in [6.45, 7) is 0. The molecule has 21 heavy (non-hydrogen) atoms. The number of hydrogen-bond acceptors (Lipinski definition) is 3. The van der Waals surface area contributed by atoms with Crippen LogP contribution in [0.1, 0.15) is 40.9 Å². The maximum absolute atomic E-state index is 12.5. The lowest BCUT2D eigenvalue weighted by Gasteiger charge is -2.14. The molecule has 1 fully saturated rings. The summed E-state index contributed by atoms with van der Waals surface area (Å²) in [4.78, 5) is 14.9. The highest BCUT2D eigenvalue weighted by molar-refractivity contribution is 7.98. The van der Waals surface area contributed by atoms with E-state index in [-0.39, 0.29) is 5.91 Å². The van der Waals surface area contributed by atoms with Gasteiger partial charge in [0, 0.05) is 21.6 Å². The molecule has 110 valence electrons. The monoisotopic (exact) mass is 317 g/mol. The van der Waals surface area contributed by atoms with Crippen LogP contribution in [0.5, 0.6) is 0 Å². The second kappa shape index (κ2) is 7.14. The van der Waals surface area contributed by atoms with E-state index in [2.05, 4.69) is 22.8 Å². The predicted octanol–water partition coefficient (Wildman–Crippen LogP) is 4.71.